The van der Waals surface area contributed by atoms with E-state index in [0.717, 1.165) is 32.4 Å². The van der Waals surface area contributed by atoms with Crippen molar-refractivity contribution in [3.8, 4) is 0 Å². The van der Waals surface area contributed by atoms with Crippen LogP contribution in [0.3, 0.4) is 0 Å². The number of hydrogen-bond acceptors (Lipinski definition) is 3. The summed E-state index contributed by atoms with van der Waals surface area (Å²) in [5.74, 6) is -0.0300. The molecule has 1 amide bonds. The predicted molar refractivity (Wildman–Crippen MR) is 83.3 cm³/mol. The van der Waals surface area contributed by atoms with Gasteiger partial charge < -0.3 is 16.0 Å². The van der Waals surface area contributed by atoms with Crippen molar-refractivity contribution in [2.75, 3.05) is 20.1 Å². The van der Waals surface area contributed by atoms with Crippen LogP contribution < -0.4 is 11.1 Å². The molecule has 1 rings (SSSR count). The highest BCUT2D eigenvalue weighted by Crippen LogP contribution is 2.02. The number of benzene rings is 1. The molecule has 0 unspecified atom stereocenters. The maximum atomic E-state index is 11.6. The van der Waals surface area contributed by atoms with Gasteiger partial charge in [0.05, 0.1) is 6.04 Å². The summed E-state index contributed by atoms with van der Waals surface area (Å²) in [6.45, 7) is 4.61. The smallest absolute Gasteiger partial charge is 0.236 e. The van der Waals surface area contributed by atoms with E-state index in [1.807, 2.05) is 13.0 Å². The van der Waals surface area contributed by atoms with Gasteiger partial charge in [-0.2, -0.15) is 0 Å². The summed E-state index contributed by atoms with van der Waals surface area (Å²) in [5.41, 5.74) is 7.06. The van der Waals surface area contributed by atoms with Gasteiger partial charge >= 0.3 is 0 Å². The topological polar surface area (TPSA) is 58.4 Å². The van der Waals surface area contributed by atoms with E-state index >= 15 is 0 Å². The molecule has 0 heterocycles. The van der Waals surface area contributed by atoms with Crippen LogP contribution >= 0.6 is 0 Å². The maximum absolute atomic E-state index is 11.6. The molecule has 0 saturated heterocycles. The third-order valence-corrected chi connectivity index (χ3v) is 3.25. The molecule has 0 radical (unpaired) electrons. The minimum Gasteiger partial charge on any atom is -0.355 e. The largest absolute Gasteiger partial charge is 0.355 e. The maximum Gasteiger partial charge on any atom is 0.236 e. The molecule has 3 N–H and O–H groups in total. The van der Waals surface area contributed by atoms with E-state index in [9.17, 15) is 4.79 Å². The van der Waals surface area contributed by atoms with Crippen LogP contribution in [0, 0.1) is 0 Å². The Balaban J connectivity index is 2.13. The number of carbonyl (C=O) groups is 1. The number of amides is 1. The summed E-state index contributed by atoms with van der Waals surface area (Å²) in [5, 5.41) is 2.90. The normalized spacial score (nSPS) is 12.4. The molecule has 0 aromatic heterocycles. The van der Waals surface area contributed by atoms with Crippen LogP contribution in [-0.4, -0.2) is 37.0 Å². The molecule has 1 aromatic rings. The monoisotopic (exact) mass is 277 g/mol. The minimum atomic E-state index is -0.359. The Kier molecular flexibility index (Phi) is 7.92. The van der Waals surface area contributed by atoms with E-state index in [1.165, 1.54) is 5.56 Å². The zero-order chi connectivity index (χ0) is 14.8. The van der Waals surface area contributed by atoms with E-state index in [2.05, 4.69) is 41.5 Å². The molecule has 0 aliphatic rings. The highest BCUT2D eigenvalue weighted by molar-refractivity contribution is 5.81. The van der Waals surface area contributed by atoms with Crippen LogP contribution in [0.4, 0.5) is 0 Å². The fourth-order valence-electron chi connectivity index (χ4n) is 2.11. The van der Waals surface area contributed by atoms with Crippen molar-refractivity contribution in [3.05, 3.63) is 35.9 Å². The summed E-state index contributed by atoms with van der Waals surface area (Å²) < 4.78 is 0. The van der Waals surface area contributed by atoms with Crippen molar-refractivity contribution in [3.63, 3.8) is 0 Å². The number of hydrogen-bond donors (Lipinski definition) is 2. The molecule has 112 valence electrons. The number of rotatable bonds is 9. The highest BCUT2D eigenvalue weighted by Gasteiger charge is 2.10. The first-order valence-corrected chi connectivity index (χ1v) is 7.39. The lowest BCUT2D eigenvalue weighted by Gasteiger charge is -2.17. The van der Waals surface area contributed by atoms with Crippen molar-refractivity contribution >= 4 is 5.91 Å². The zero-order valence-electron chi connectivity index (χ0n) is 12.6. The fraction of sp³-hybridized carbons (Fsp3) is 0.562. The zero-order valence-corrected chi connectivity index (χ0v) is 12.6. The van der Waals surface area contributed by atoms with Crippen molar-refractivity contribution in [1.82, 2.24) is 10.2 Å². The highest BCUT2D eigenvalue weighted by atomic mass is 16.2. The fourth-order valence-corrected chi connectivity index (χ4v) is 2.11. The summed E-state index contributed by atoms with van der Waals surface area (Å²) >= 11 is 0. The van der Waals surface area contributed by atoms with Gasteiger partial charge in [0, 0.05) is 13.1 Å². The average Bonchev–Trinajstić information content (AvgIpc) is 2.44. The number of carbonyl (C=O) groups excluding carboxylic acids is 1. The Labute approximate surface area is 122 Å². The van der Waals surface area contributed by atoms with Crippen molar-refractivity contribution in [2.45, 2.75) is 38.8 Å². The lowest BCUT2D eigenvalue weighted by atomic mass is 10.1. The van der Waals surface area contributed by atoms with Crippen LogP contribution in [0.2, 0.25) is 0 Å². The van der Waals surface area contributed by atoms with E-state index in [1.54, 1.807) is 0 Å². The third-order valence-electron chi connectivity index (χ3n) is 3.25. The molecular weight excluding hydrogens is 250 g/mol. The number of nitrogens with one attached hydrogen (secondary N) is 1. The van der Waals surface area contributed by atoms with Crippen molar-refractivity contribution in [2.24, 2.45) is 5.73 Å². The molecule has 0 aliphatic carbocycles. The third kappa shape index (κ3) is 6.68. The summed E-state index contributed by atoms with van der Waals surface area (Å²) in [6.07, 6.45) is 2.63. The van der Waals surface area contributed by atoms with E-state index in [-0.39, 0.29) is 11.9 Å². The van der Waals surface area contributed by atoms with Gasteiger partial charge in [0.25, 0.3) is 0 Å². The molecular formula is C16H27N3O. The number of nitrogens with zero attached hydrogens (tertiary/aromatic N) is 1. The average molecular weight is 277 g/mol. The van der Waals surface area contributed by atoms with Gasteiger partial charge in [0.1, 0.15) is 0 Å². The second kappa shape index (κ2) is 9.50. The molecule has 4 heteroatoms. The second-order valence-electron chi connectivity index (χ2n) is 5.26. The molecule has 20 heavy (non-hydrogen) atoms. The lowest BCUT2D eigenvalue weighted by molar-refractivity contribution is -0.122. The van der Waals surface area contributed by atoms with E-state index in [4.69, 9.17) is 5.73 Å². The van der Waals surface area contributed by atoms with Gasteiger partial charge in [-0.3, -0.25) is 4.79 Å². The Morgan fingerprint density at radius 1 is 1.35 bits per heavy atom. The summed E-state index contributed by atoms with van der Waals surface area (Å²) in [6, 6.07) is 10.0. The van der Waals surface area contributed by atoms with Gasteiger partial charge in [-0.05, 0) is 32.0 Å². The van der Waals surface area contributed by atoms with Gasteiger partial charge in [0.15, 0.2) is 0 Å². The molecule has 1 atom stereocenters. The van der Waals surface area contributed by atoms with Crippen LogP contribution in [0.25, 0.3) is 0 Å². The van der Waals surface area contributed by atoms with Crippen LogP contribution in [-0.2, 0) is 11.3 Å². The molecule has 1 aromatic carbocycles. The Morgan fingerprint density at radius 3 is 2.70 bits per heavy atom. The van der Waals surface area contributed by atoms with Crippen molar-refractivity contribution < 1.29 is 4.79 Å². The Hall–Kier alpha value is -1.39. The standard InChI is InChI=1S/C16H27N3O/c1-3-8-15(17)16(20)18-11-7-12-19(2)13-14-9-5-4-6-10-14/h4-6,9-10,15H,3,7-8,11-13,17H2,1-2H3,(H,18,20)/t15-/m1/s1. The molecule has 0 spiro atoms. The van der Waals surface area contributed by atoms with Crippen LogP contribution in [0.1, 0.15) is 31.7 Å². The first-order valence-electron chi connectivity index (χ1n) is 7.39. The first kappa shape index (κ1) is 16.7. The molecule has 0 aliphatic heterocycles. The summed E-state index contributed by atoms with van der Waals surface area (Å²) in [4.78, 5) is 13.9. The minimum absolute atomic E-state index is 0.0300. The van der Waals surface area contributed by atoms with Crippen LogP contribution in [0.5, 0.6) is 0 Å². The van der Waals surface area contributed by atoms with Gasteiger partial charge in [0.2, 0.25) is 5.91 Å². The predicted octanol–water partition coefficient (Wildman–Crippen LogP) is 1.75. The quantitative estimate of drug-likeness (QED) is 0.676. The van der Waals surface area contributed by atoms with Gasteiger partial charge in [-0.25, -0.2) is 0 Å². The first-order chi connectivity index (χ1) is 9.63. The molecule has 4 nitrogen and oxygen atoms in total. The Bertz CT molecular complexity index is 381. The molecule has 0 fully saturated rings. The Morgan fingerprint density at radius 2 is 2.05 bits per heavy atom. The van der Waals surface area contributed by atoms with E-state index in [0.29, 0.717) is 6.54 Å². The van der Waals surface area contributed by atoms with Gasteiger partial charge in [-0.15, -0.1) is 0 Å². The van der Waals surface area contributed by atoms with Gasteiger partial charge in [-0.1, -0.05) is 43.7 Å². The number of nitrogens with two attached hydrogens (primary N) is 1. The molecule has 0 saturated carbocycles. The molecule has 0 bridgehead atoms. The summed E-state index contributed by atoms with van der Waals surface area (Å²) in [7, 11) is 2.09. The van der Waals surface area contributed by atoms with E-state index < -0.39 is 0 Å². The SMILES string of the molecule is CCC[C@@H](N)C(=O)NCCCN(C)Cc1ccccc1. The van der Waals surface area contributed by atoms with Crippen molar-refractivity contribution in [1.29, 1.82) is 0 Å². The second-order valence-corrected chi connectivity index (χ2v) is 5.26. The lowest BCUT2D eigenvalue weighted by Crippen LogP contribution is -2.41. The van der Waals surface area contributed by atoms with Crippen LogP contribution in [0.15, 0.2) is 30.3 Å².